The van der Waals surface area contributed by atoms with Crippen LogP contribution < -0.4 is 18.9 Å². The molecule has 0 amide bonds. The van der Waals surface area contributed by atoms with Crippen LogP contribution in [0.15, 0.2) is 192 Å². The number of benzene rings is 2. The third kappa shape index (κ3) is 22.3. The summed E-state index contributed by atoms with van der Waals surface area (Å²) in [5, 5.41) is 18.6. The number of nitro benzene ring substituents is 1. The van der Waals surface area contributed by atoms with E-state index in [1.165, 1.54) is 49.8 Å². The lowest BCUT2D eigenvalue weighted by molar-refractivity contribution is -0.384. The van der Waals surface area contributed by atoms with Crippen LogP contribution in [0.5, 0.6) is 0 Å². The number of non-ortho nitro benzene ring substituents is 1. The first-order valence-corrected chi connectivity index (χ1v) is 36.6. The maximum Gasteiger partial charge on any atom is 0.408 e. The Bertz CT molecular complexity index is 5670. The first-order chi connectivity index (χ1) is 50.0. The van der Waals surface area contributed by atoms with Gasteiger partial charge >= 0.3 is 6.18 Å². The van der Waals surface area contributed by atoms with Crippen molar-refractivity contribution in [3.8, 4) is 46.1 Å². The summed E-state index contributed by atoms with van der Waals surface area (Å²) in [4.78, 5) is 79.1. The number of aromatic nitrogens is 20. The molecular weight excluding hydrogens is 1460 g/mol. The zero-order chi connectivity index (χ0) is 74.9. The average Bonchev–Trinajstić information content (AvgIpc) is 1.74. The second-order valence-corrected chi connectivity index (χ2v) is 28.4. The summed E-state index contributed by atoms with van der Waals surface area (Å²) in [6, 6.07) is 36.4. The van der Waals surface area contributed by atoms with Crippen LogP contribution >= 0.6 is 0 Å². The van der Waals surface area contributed by atoms with Gasteiger partial charge in [-0.05, 0) is 112 Å². The van der Waals surface area contributed by atoms with Gasteiger partial charge in [0.1, 0.15) is 69.0 Å². The van der Waals surface area contributed by atoms with Gasteiger partial charge in [-0.1, -0.05) is 53.7 Å². The van der Waals surface area contributed by atoms with Crippen molar-refractivity contribution in [2.24, 2.45) is 0 Å². The van der Waals surface area contributed by atoms with Crippen LogP contribution in [0, 0.1) is 37.8 Å². The number of aryl methyl sites for hydroxylation is 4. The monoisotopic (exact) mass is 1510 g/mol. The first-order valence-electron chi connectivity index (χ1n) is 30.1. The number of para-hydroxylation sites is 1. The minimum Gasteiger partial charge on any atom is -0.356 e. The molecule has 2 aromatic carbocycles. The van der Waals surface area contributed by atoms with E-state index in [4.69, 9.17) is 4.52 Å². The van der Waals surface area contributed by atoms with Crippen molar-refractivity contribution < 1.29 is 56.3 Å². The van der Waals surface area contributed by atoms with E-state index in [1.807, 2.05) is 0 Å². The lowest BCUT2D eigenvalue weighted by atomic mass is 10.2. The van der Waals surface area contributed by atoms with Crippen molar-refractivity contribution in [3.63, 3.8) is 0 Å². The normalized spacial score (nSPS) is 11.5. The van der Waals surface area contributed by atoms with E-state index in [1.54, 1.807) is 149 Å². The first kappa shape index (κ1) is 74.8. The number of anilines is 4. The van der Waals surface area contributed by atoms with E-state index in [2.05, 4.69) is 114 Å². The van der Waals surface area contributed by atoms with E-state index in [0.29, 0.717) is 78.5 Å². The third-order valence-corrected chi connectivity index (χ3v) is 18.0. The highest BCUT2D eigenvalue weighted by molar-refractivity contribution is 7.93. The molecule has 105 heavy (non-hydrogen) atoms. The van der Waals surface area contributed by atoms with Gasteiger partial charge in [-0.3, -0.25) is 53.9 Å². The minimum atomic E-state index is -4.52. The number of fused-ring (bicyclic) bond motifs is 1. The third-order valence-electron chi connectivity index (χ3n) is 13.2. The van der Waals surface area contributed by atoms with Crippen LogP contribution in [0.25, 0.3) is 57.0 Å². The molecule has 43 heteroatoms. The Kier molecular flexibility index (Phi) is 23.4. The lowest BCUT2D eigenvalue weighted by Crippen LogP contribution is -2.18. The summed E-state index contributed by atoms with van der Waals surface area (Å²) in [5.41, 5.74) is 3.68. The fourth-order valence-electron chi connectivity index (χ4n) is 8.86. The van der Waals surface area contributed by atoms with E-state index in [0.717, 1.165) is 12.4 Å². The van der Waals surface area contributed by atoms with Gasteiger partial charge in [-0.25, -0.2) is 58.3 Å². The predicted molar refractivity (Wildman–Crippen MR) is 370 cm³/mol. The molecule has 4 N–H and O–H groups in total. The van der Waals surface area contributed by atoms with E-state index >= 15 is 0 Å². The highest BCUT2D eigenvalue weighted by Gasteiger charge is 2.30. The maximum atomic E-state index is 12.6. The fraction of sp³-hybridized carbons (Fsp3) is 0.145. The summed E-state index contributed by atoms with van der Waals surface area (Å²) in [5.74, 6) is 0.867. The number of pyridine rings is 5. The van der Waals surface area contributed by atoms with Gasteiger partial charge < -0.3 is 4.52 Å². The molecule has 538 valence electrons. The summed E-state index contributed by atoms with van der Waals surface area (Å²) < 4.78 is 151. The number of hydrogen-bond donors (Lipinski definition) is 4. The topological polar surface area (TPSA) is 491 Å². The van der Waals surface area contributed by atoms with E-state index in [-0.39, 0.29) is 70.0 Å². The standard InChI is InChI=1S/C17H14N6O3S.C16H14N6O4S.C15H14N6O2S.C14H12F3N7O2S/c1-11-19-16(13-7-4-5-9-18-13)21-17(20-11)23-27(24,25)10-14-12-6-2-3-8-15(12)26-22-14;1-11-18-15(14-4-2-3-9-17-14)20-16(19-11)21-27(25,26)10-12-5-7-13(8-6-12)22(23)24;1-11-18-14(13-4-2-3-7-17-13)20-15(19-11)21-24(22,23)10-12-5-8-16-9-6-12;1-9-20-12(11-4-2-3-5-18-11)22-13(21-9)23-27(25,26)10-6-19-24(7-10)8-14(15,16)17/h2-9H,10H2,1H3,(H,19,20,21,23);2-9H,10H2,1H3,(H,18,19,20,21);2-9H,10H2,1H3,(H,18,19,20,21);2-7H,8H2,1H3,(H,20,21,22,23). The predicted octanol–water partition coefficient (Wildman–Crippen LogP) is 7.80. The largest absolute Gasteiger partial charge is 0.408 e. The molecule has 0 radical (unpaired) electrons. The molecule has 0 spiro atoms. The molecular formula is C62H54F3N25O11S4. The molecule has 0 bridgehead atoms. The zero-order valence-corrected chi connectivity index (χ0v) is 58.1. The molecule has 11 heterocycles. The van der Waals surface area contributed by atoms with Gasteiger partial charge in [0.15, 0.2) is 28.9 Å². The summed E-state index contributed by atoms with van der Waals surface area (Å²) >= 11 is 0. The number of nitrogens with one attached hydrogen (secondary N) is 4. The Balaban J connectivity index is 0.000000150. The molecule has 0 fully saturated rings. The molecule has 11 aromatic heterocycles. The Morgan fingerprint density at radius 2 is 0.838 bits per heavy atom. The van der Waals surface area contributed by atoms with Gasteiger partial charge in [0.25, 0.3) is 15.7 Å². The van der Waals surface area contributed by atoms with Gasteiger partial charge in [0.05, 0.1) is 22.6 Å². The summed E-state index contributed by atoms with van der Waals surface area (Å²) in [7, 11) is -15.5. The molecule has 0 aliphatic carbocycles. The number of hydrogen-bond acceptors (Lipinski definition) is 30. The Labute approximate surface area is 594 Å². The number of halogens is 3. The highest BCUT2D eigenvalue weighted by atomic mass is 32.2. The summed E-state index contributed by atoms with van der Waals surface area (Å²) in [6.07, 6.45) is 6.44. The van der Waals surface area contributed by atoms with Gasteiger partial charge in [0.2, 0.25) is 53.9 Å². The molecule has 0 unspecified atom stereocenters. The van der Waals surface area contributed by atoms with Crippen molar-refractivity contribution in [1.29, 1.82) is 0 Å². The smallest absolute Gasteiger partial charge is 0.356 e. The van der Waals surface area contributed by atoms with Crippen LogP contribution in [0.4, 0.5) is 42.7 Å². The van der Waals surface area contributed by atoms with Crippen molar-refractivity contribution in [3.05, 3.63) is 233 Å². The number of alkyl halides is 3. The maximum absolute atomic E-state index is 12.6. The minimum absolute atomic E-state index is 0.0304. The number of sulfonamides is 4. The van der Waals surface area contributed by atoms with Crippen molar-refractivity contribution >= 4 is 80.5 Å². The van der Waals surface area contributed by atoms with Gasteiger partial charge in [-0.15, -0.1) is 0 Å². The van der Waals surface area contributed by atoms with Crippen LogP contribution in [-0.2, 0) is 63.9 Å². The SMILES string of the molecule is Cc1nc(NS(=O)(=O)Cc2ccc([N+](=O)[O-])cc2)nc(-c2ccccn2)n1.Cc1nc(NS(=O)(=O)Cc2ccncc2)nc(-c2ccccn2)n1.Cc1nc(NS(=O)(=O)Cc2noc3ccccc23)nc(-c2ccccn2)n1.Cc1nc(NS(=O)(=O)c2cnn(CC(F)(F)F)c2)nc(-c2ccccn2)n1. The van der Waals surface area contributed by atoms with Crippen LogP contribution in [-0.4, -0.2) is 144 Å². The second-order valence-electron chi connectivity index (χ2n) is 21.6. The number of rotatable bonds is 21. The lowest BCUT2D eigenvalue weighted by Gasteiger charge is -2.08. The molecule has 13 rings (SSSR count). The van der Waals surface area contributed by atoms with E-state index in [9.17, 15) is 57.0 Å². The second kappa shape index (κ2) is 32.8. The zero-order valence-electron chi connectivity index (χ0n) is 54.8. The Morgan fingerprint density at radius 1 is 0.457 bits per heavy atom. The Morgan fingerprint density at radius 3 is 1.23 bits per heavy atom. The van der Waals surface area contributed by atoms with Crippen LogP contribution in [0.1, 0.15) is 40.1 Å². The molecule has 0 saturated heterocycles. The van der Waals surface area contributed by atoms with Crippen molar-refractivity contribution in [1.82, 2.24) is 99.7 Å². The van der Waals surface area contributed by atoms with Crippen LogP contribution in [0.2, 0.25) is 0 Å². The average molecular weight is 1510 g/mol. The molecule has 0 aliphatic heterocycles. The fourth-order valence-corrected chi connectivity index (χ4v) is 12.9. The molecule has 36 nitrogen and oxygen atoms in total. The van der Waals surface area contributed by atoms with Gasteiger partial charge in [0, 0.05) is 60.9 Å². The molecule has 13 aromatic rings. The van der Waals surface area contributed by atoms with Crippen molar-refractivity contribution in [2.75, 3.05) is 18.9 Å². The number of nitrogens with zero attached hydrogens (tertiary/aromatic N) is 21. The highest BCUT2D eigenvalue weighted by Crippen LogP contribution is 2.25. The van der Waals surface area contributed by atoms with Gasteiger partial charge in [-0.2, -0.15) is 58.1 Å². The molecule has 0 atom stereocenters. The molecule has 0 saturated carbocycles. The summed E-state index contributed by atoms with van der Waals surface area (Å²) in [6.45, 7) is 5.05. The molecule has 0 aliphatic rings. The van der Waals surface area contributed by atoms with Crippen LogP contribution in [0.3, 0.4) is 0 Å². The van der Waals surface area contributed by atoms with Crippen molar-refractivity contribution in [2.45, 2.75) is 62.6 Å². The number of nitro groups is 1. The quantitative estimate of drug-likeness (QED) is 0.0393. The van der Waals surface area contributed by atoms with E-state index < -0.39 is 62.6 Å². The Hall–Kier alpha value is -12.9.